The molecule has 4 heteroatoms. The van der Waals surface area contributed by atoms with Crippen LogP contribution in [0.4, 0.5) is 0 Å². The van der Waals surface area contributed by atoms with E-state index in [-0.39, 0.29) is 11.9 Å². The van der Waals surface area contributed by atoms with Crippen molar-refractivity contribution in [2.75, 3.05) is 0 Å². The summed E-state index contributed by atoms with van der Waals surface area (Å²) in [5.41, 5.74) is 1.10. The molecule has 0 spiro atoms. The normalized spacial score (nSPS) is 19.5. The van der Waals surface area contributed by atoms with Crippen molar-refractivity contribution in [1.29, 1.82) is 0 Å². The van der Waals surface area contributed by atoms with E-state index >= 15 is 0 Å². The summed E-state index contributed by atoms with van der Waals surface area (Å²) < 4.78 is 0. The predicted octanol–water partition coefficient (Wildman–Crippen LogP) is 1.21. The van der Waals surface area contributed by atoms with Crippen LogP contribution in [0, 0.1) is 0 Å². The van der Waals surface area contributed by atoms with Gasteiger partial charge in [0.05, 0.1) is 5.56 Å². The molecule has 1 heterocycles. The molecule has 1 aromatic carbocycles. The first-order chi connectivity index (χ1) is 7.66. The lowest BCUT2D eigenvalue weighted by molar-refractivity contribution is -0.119. The van der Waals surface area contributed by atoms with Gasteiger partial charge in [0.2, 0.25) is 5.91 Å². The van der Waals surface area contributed by atoms with Gasteiger partial charge in [0.1, 0.15) is 0 Å². The van der Waals surface area contributed by atoms with Crippen molar-refractivity contribution < 1.29 is 14.7 Å². The topological polar surface area (TPSA) is 66.4 Å². The van der Waals surface area contributed by atoms with Crippen molar-refractivity contribution in [1.82, 2.24) is 5.32 Å². The van der Waals surface area contributed by atoms with E-state index < -0.39 is 5.97 Å². The number of aromatic carboxylic acids is 1. The Morgan fingerprint density at radius 2 is 2.19 bits per heavy atom. The molecule has 0 bridgehead atoms. The van der Waals surface area contributed by atoms with Gasteiger partial charge in [-0.05, 0) is 24.5 Å². The molecule has 0 aliphatic carbocycles. The Morgan fingerprint density at radius 3 is 2.81 bits per heavy atom. The van der Waals surface area contributed by atoms with Gasteiger partial charge in [-0.15, -0.1) is 0 Å². The number of hydrogen-bond acceptors (Lipinski definition) is 2. The lowest BCUT2D eigenvalue weighted by Gasteiger charge is -2.11. The van der Waals surface area contributed by atoms with Crippen LogP contribution in [0.5, 0.6) is 0 Å². The summed E-state index contributed by atoms with van der Waals surface area (Å²) in [6.45, 7) is 0. The molecule has 2 N–H and O–H groups in total. The highest BCUT2D eigenvalue weighted by atomic mass is 16.4. The minimum Gasteiger partial charge on any atom is -0.478 e. The highest BCUT2D eigenvalue weighted by molar-refractivity contribution is 5.89. The van der Waals surface area contributed by atoms with Crippen molar-refractivity contribution in [2.45, 2.75) is 25.3 Å². The largest absolute Gasteiger partial charge is 0.478 e. The van der Waals surface area contributed by atoms with Gasteiger partial charge in [-0.1, -0.05) is 18.2 Å². The van der Waals surface area contributed by atoms with Crippen LogP contribution < -0.4 is 5.32 Å². The van der Waals surface area contributed by atoms with Gasteiger partial charge in [-0.25, -0.2) is 4.79 Å². The third-order valence-corrected chi connectivity index (χ3v) is 2.80. The molecule has 0 saturated carbocycles. The van der Waals surface area contributed by atoms with Gasteiger partial charge >= 0.3 is 5.97 Å². The first kappa shape index (κ1) is 10.7. The van der Waals surface area contributed by atoms with Gasteiger partial charge in [-0.3, -0.25) is 4.79 Å². The zero-order chi connectivity index (χ0) is 11.5. The van der Waals surface area contributed by atoms with E-state index in [1.807, 2.05) is 6.07 Å². The number of benzene rings is 1. The van der Waals surface area contributed by atoms with Crippen molar-refractivity contribution >= 4 is 11.9 Å². The van der Waals surface area contributed by atoms with E-state index in [1.165, 1.54) is 0 Å². The Morgan fingerprint density at radius 1 is 1.44 bits per heavy atom. The fourth-order valence-electron chi connectivity index (χ4n) is 2.00. The highest BCUT2D eigenvalue weighted by Gasteiger charge is 2.22. The molecule has 0 unspecified atom stereocenters. The third-order valence-electron chi connectivity index (χ3n) is 2.80. The summed E-state index contributed by atoms with van der Waals surface area (Å²) in [6, 6.07) is 6.99. The van der Waals surface area contributed by atoms with E-state index in [0.29, 0.717) is 18.4 Å². The zero-order valence-electron chi connectivity index (χ0n) is 8.77. The van der Waals surface area contributed by atoms with E-state index in [0.717, 1.165) is 12.0 Å². The van der Waals surface area contributed by atoms with Crippen LogP contribution in [0.15, 0.2) is 24.3 Å². The smallest absolute Gasteiger partial charge is 0.335 e. The Bertz CT molecular complexity index is 428. The molecule has 0 aromatic heterocycles. The predicted molar refractivity (Wildman–Crippen MR) is 58.3 cm³/mol. The van der Waals surface area contributed by atoms with Crippen LogP contribution in [0.2, 0.25) is 0 Å². The number of carbonyl (C=O) groups excluding carboxylic acids is 1. The van der Waals surface area contributed by atoms with E-state index in [1.54, 1.807) is 18.2 Å². The first-order valence-electron chi connectivity index (χ1n) is 5.27. The second kappa shape index (κ2) is 4.35. The molecule has 1 saturated heterocycles. The number of carboxylic acid groups (broad SMARTS) is 1. The Labute approximate surface area is 93.3 Å². The van der Waals surface area contributed by atoms with Crippen molar-refractivity contribution in [3.05, 3.63) is 35.4 Å². The van der Waals surface area contributed by atoms with Crippen LogP contribution in [0.3, 0.4) is 0 Å². The van der Waals surface area contributed by atoms with Gasteiger partial charge in [0.15, 0.2) is 0 Å². The molecule has 16 heavy (non-hydrogen) atoms. The summed E-state index contributed by atoms with van der Waals surface area (Å²) in [6.07, 6.45) is 1.92. The van der Waals surface area contributed by atoms with E-state index in [4.69, 9.17) is 5.11 Å². The standard InChI is InChI=1S/C12H13NO3/c14-11-6-5-9(13-11)7-8-3-1-2-4-10(8)12(15)16/h1-4,9H,5-7H2,(H,13,14)(H,15,16)/t9-/m0/s1. The fraction of sp³-hybridized carbons (Fsp3) is 0.333. The van der Waals surface area contributed by atoms with Crippen LogP contribution >= 0.6 is 0 Å². The van der Waals surface area contributed by atoms with E-state index in [2.05, 4.69) is 5.32 Å². The number of amides is 1. The highest BCUT2D eigenvalue weighted by Crippen LogP contribution is 2.16. The number of hydrogen-bond donors (Lipinski definition) is 2. The first-order valence-corrected chi connectivity index (χ1v) is 5.27. The minimum absolute atomic E-state index is 0.0535. The molecule has 1 aliphatic rings. The Kier molecular flexibility index (Phi) is 2.90. The molecule has 2 rings (SSSR count). The SMILES string of the molecule is O=C1CC[C@@H](Cc2ccccc2C(=O)O)N1. The number of nitrogens with one attached hydrogen (secondary N) is 1. The van der Waals surface area contributed by atoms with Gasteiger partial charge in [0.25, 0.3) is 0 Å². The van der Waals surface area contributed by atoms with Gasteiger partial charge in [-0.2, -0.15) is 0 Å². The summed E-state index contributed by atoms with van der Waals surface area (Å²) >= 11 is 0. The molecule has 0 radical (unpaired) electrons. The average Bonchev–Trinajstić information content (AvgIpc) is 2.64. The molecule has 4 nitrogen and oxygen atoms in total. The van der Waals surface area contributed by atoms with Crippen molar-refractivity contribution in [3.8, 4) is 0 Å². The number of carbonyl (C=O) groups is 2. The van der Waals surface area contributed by atoms with Crippen LogP contribution in [0.25, 0.3) is 0 Å². The number of rotatable bonds is 3. The van der Waals surface area contributed by atoms with Crippen molar-refractivity contribution in [3.63, 3.8) is 0 Å². The van der Waals surface area contributed by atoms with Gasteiger partial charge < -0.3 is 10.4 Å². The molecular weight excluding hydrogens is 206 g/mol. The molecule has 84 valence electrons. The third kappa shape index (κ3) is 2.21. The van der Waals surface area contributed by atoms with Gasteiger partial charge in [0, 0.05) is 12.5 Å². The lowest BCUT2D eigenvalue weighted by atomic mass is 9.99. The molecule has 1 atom stereocenters. The summed E-state index contributed by atoms with van der Waals surface area (Å²) in [5, 5.41) is 11.8. The maximum atomic E-state index is 11.0. The molecule has 1 amide bonds. The van der Waals surface area contributed by atoms with Crippen molar-refractivity contribution in [2.24, 2.45) is 0 Å². The maximum absolute atomic E-state index is 11.0. The van der Waals surface area contributed by atoms with Crippen LogP contribution in [0.1, 0.15) is 28.8 Å². The summed E-state index contributed by atoms with van der Waals surface area (Å²) in [5.74, 6) is -0.863. The second-order valence-corrected chi connectivity index (χ2v) is 3.97. The molecule has 1 aliphatic heterocycles. The molecule has 1 aromatic rings. The summed E-state index contributed by atoms with van der Waals surface area (Å²) in [4.78, 5) is 22.0. The second-order valence-electron chi connectivity index (χ2n) is 3.97. The monoisotopic (exact) mass is 219 g/mol. The average molecular weight is 219 g/mol. The zero-order valence-corrected chi connectivity index (χ0v) is 8.77. The minimum atomic E-state index is -0.917. The lowest BCUT2D eigenvalue weighted by Crippen LogP contribution is -2.27. The Balaban J connectivity index is 2.14. The molecular formula is C12H13NO3. The fourth-order valence-corrected chi connectivity index (χ4v) is 2.00. The Hall–Kier alpha value is -1.84. The molecule has 1 fully saturated rings. The van der Waals surface area contributed by atoms with E-state index in [9.17, 15) is 9.59 Å². The summed E-state index contributed by atoms with van der Waals surface area (Å²) in [7, 11) is 0. The number of carboxylic acids is 1. The maximum Gasteiger partial charge on any atom is 0.335 e. The van der Waals surface area contributed by atoms with Crippen LogP contribution in [-0.2, 0) is 11.2 Å². The van der Waals surface area contributed by atoms with Crippen LogP contribution in [-0.4, -0.2) is 23.0 Å². The quantitative estimate of drug-likeness (QED) is 0.802.